The normalized spacial score (nSPS) is 11.4. The molecule has 0 aliphatic rings. The van der Waals surface area contributed by atoms with Crippen molar-refractivity contribution in [3.05, 3.63) is 58.7 Å². The predicted molar refractivity (Wildman–Crippen MR) is 102 cm³/mol. The van der Waals surface area contributed by atoms with Gasteiger partial charge in [-0.1, -0.05) is 41.4 Å². The third-order valence-corrected chi connectivity index (χ3v) is 4.45. The maximum atomic E-state index is 6.37. The molecule has 0 atom stereocenters. The molecule has 26 heavy (non-hydrogen) atoms. The summed E-state index contributed by atoms with van der Waals surface area (Å²) in [7, 11) is 0. The molecule has 0 aliphatic carbocycles. The summed E-state index contributed by atoms with van der Waals surface area (Å²) >= 11 is 12.7. The molecule has 4 aromatic rings. The lowest BCUT2D eigenvalue weighted by Crippen LogP contribution is -2.05. The average molecular weight is 388 g/mol. The van der Waals surface area contributed by atoms with Gasteiger partial charge in [0.25, 0.3) is 11.8 Å². The highest BCUT2D eigenvalue weighted by atomic mass is 35.5. The minimum absolute atomic E-state index is 0.0682. The Morgan fingerprint density at radius 1 is 1.08 bits per heavy atom. The Balaban J connectivity index is 1.72. The molecule has 0 amide bonds. The maximum absolute atomic E-state index is 6.37. The monoisotopic (exact) mass is 387 g/mol. The number of hydrogen-bond acceptors (Lipinski definition) is 4. The van der Waals surface area contributed by atoms with Gasteiger partial charge in [0.2, 0.25) is 0 Å². The zero-order valence-electron chi connectivity index (χ0n) is 14.1. The van der Waals surface area contributed by atoms with Gasteiger partial charge in [-0.15, -0.1) is 0 Å². The van der Waals surface area contributed by atoms with E-state index in [1.807, 2.05) is 44.2 Å². The lowest BCUT2D eigenvalue weighted by atomic mass is 10.2. The second-order valence-corrected chi connectivity index (χ2v) is 6.89. The minimum Gasteiger partial charge on any atom is -0.491 e. The molecule has 0 radical (unpaired) electrons. The zero-order chi connectivity index (χ0) is 18.3. The van der Waals surface area contributed by atoms with Crippen LogP contribution in [0, 0.1) is 0 Å². The molecule has 0 spiro atoms. The Kier molecular flexibility index (Phi) is 4.34. The van der Waals surface area contributed by atoms with Crippen LogP contribution in [0.4, 0.5) is 0 Å². The van der Waals surface area contributed by atoms with Gasteiger partial charge in [0, 0.05) is 11.6 Å². The van der Waals surface area contributed by atoms with E-state index in [0.717, 1.165) is 10.9 Å². The Morgan fingerprint density at radius 3 is 2.65 bits per heavy atom. The van der Waals surface area contributed by atoms with E-state index in [1.165, 1.54) is 0 Å². The molecule has 2 heterocycles. The quantitative estimate of drug-likeness (QED) is 0.445. The zero-order valence-corrected chi connectivity index (χ0v) is 15.6. The number of hydrogen-bond donors (Lipinski definition) is 0. The third kappa shape index (κ3) is 3.04. The molecule has 2 aromatic heterocycles. The van der Waals surface area contributed by atoms with Crippen molar-refractivity contribution >= 4 is 34.1 Å². The van der Waals surface area contributed by atoms with E-state index in [2.05, 4.69) is 10.1 Å². The fraction of sp³-hybridized carbons (Fsp3) is 0.158. The summed E-state index contributed by atoms with van der Waals surface area (Å²) in [5, 5.41) is 6.10. The van der Waals surface area contributed by atoms with Crippen molar-refractivity contribution in [1.82, 2.24) is 14.7 Å². The lowest BCUT2D eigenvalue weighted by molar-refractivity contribution is 0.242. The summed E-state index contributed by atoms with van der Waals surface area (Å²) < 4.78 is 12.8. The molecule has 132 valence electrons. The van der Waals surface area contributed by atoms with Crippen LogP contribution in [0.3, 0.4) is 0 Å². The molecule has 4 rings (SSSR count). The van der Waals surface area contributed by atoms with Crippen LogP contribution in [-0.4, -0.2) is 20.8 Å². The largest absolute Gasteiger partial charge is 0.491 e. The van der Waals surface area contributed by atoms with Gasteiger partial charge in [-0.05, 0) is 43.3 Å². The molecule has 0 N–H and O–H groups in total. The molecular weight excluding hydrogens is 373 g/mol. The molecule has 0 saturated carbocycles. The molecule has 5 nitrogen and oxygen atoms in total. The summed E-state index contributed by atoms with van der Waals surface area (Å²) in [6, 6.07) is 13.1. The molecule has 0 fully saturated rings. The molecule has 0 aliphatic heterocycles. The van der Waals surface area contributed by atoms with Crippen LogP contribution in [0.25, 0.3) is 28.3 Å². The predicted octanol–water partition coefficient (Wildman–Crippen LogP) is 5.77. The number of halogens is 2. The first kappa shape index (κ1) is 16.9. The molecule has 0 bridgehead atoms. The van der Waals surface area contributed by atoms with Crippen molar-refractivity contribution in [1.29, 1.82) is 0 Å². The fourth-order valence-corrected chi connectivity index (χ4v) is 3.25. The van der Waals surface area contributed by atoms with Crippen LogP contribution >= 0.6 is 23.2 Å². The van der Waals surface area contributed by atoms with Crippen LogP contribution in [0.1, 0.15) is 13.8 Å². The van der Waals surface area contributed by atoms with Crippen LogP contribution in [0.2, 0.25) is 10.0 Å². The van der Waals surface area contributed by atoms with Gasteiger partial charge in [-0.2, -0.15) is 4.98 Å². The van der Waals surface area contributed by atoms with E-state index in [9.17, 15) is 0 Å². The van der Waals surface area contributed by atoms with Crippen molar-refractivity contribution in [3.8, 4) is 23.2 Å². The maximum Gasteiger partial charge on any atom is 0.275 e. The number of fused-ring (bicyclic) bond motifs is 1. The van der Waals surface area contributed by atoms with Crippen LogP contribution in [0.5, 0.6) is 5.75 Å². The van der Waals surface area contributed by atoms with Gasteiger partial charge in [0.15, 0.2) is 0 Å². The van der Waals surface area contributed by atoms with Gasteiger partial charge in [0.1, 0.15) is 5.75 Å². The van der Waals surface area contributed by atoms with Gasteiger partial charge < -0.3 is 9.26 Å². The van der Waals surface area contributed by atoms with Crippen molar-refractivity contribution < 1.29 is 9.26 Å². The first-order valence-corrected chi connectivity index (χ1v) is 8.85. The van der Waals surface area contributed by atoms with Gasteiger partial charge in [0.05, 0.1) is 27.2 Å². The number of nitrogens with zero attached hydrogens (tertiary/aromatic N) is 3. The van der Waals surface area contributed by atoms with Gasteiger partial charge in [-0.3, -0.25) is 4.57 Å². The minimum atomic E-state index is 0.0682. The number of ether oxygens (including phenoxy) is 1. The molecule has 0 saturated heterocycles. The summed E-state index contributed by atoms with van der Waals surface area (Å²) in [5.41, 5.74) is 1.54. The number of benzene rings is 2. The molecule has 7 heteroatoms. The van der Waals surface area contributed by atoms with E-state index in [1.54, 1.807) is 22.9 Å². The van der Waals surface area contributed by atoms with Crippen LogP contribution in [-0.2, 0) is 0 Å². The fourth-order valence-electron chi connectivity index (χ4n) is 2.74. The van der Waals surface area contributed by atoms with E-state index in [4.69, 9.17) is 32.5 Å². The lowest BCUT2D eigenvalue weighted by Gasteiger charge is -2.10. The second-order valence-electron chi connectivity index (χ2n) is 6.07. The molecule has 2 aromatic carbocycles. The highest BCUT2D eigenvalue weighted by Gasteiger charge is 2.16. The summed E-state index contributed by atoms with van der Waals surface area (Å²) in [5.74, 6) is 1.41. The number of para-hydroxylation sites is 1. The molecule has 0 unspecified atom stereocenters. The topological polar surface area (TPSA) is 53.1 Å². The van der Waals surface area contributed by atoms with E-state index in [-0.39, 0.29) is 6.10 Å². The second kappa shape index (κ2) is 6.67. The van der Waals surface area contributed by atoms with Crippen molar-refractivity contribution in [2.24, 2.45) is 0 Å². The third-order valence-electron chi connectivity index (χ3n) is 3.84. The van der Waals surface area contributed by atoms with Gasteiger partial charge in [-0.25, -0.2) is 0 Å². The van der Waals surface area contributed by atoms with Gasteiger partial charge >= 0.3 is 0 Å². The summed E-state index contributed by atoms with van der Waals surface area (Å²) in [4.78, 5) is 4.47. The first-order valence-electron chi connectivity index (χ1n) is 8.09. The Morgan fingerprint density at radius 2 is 1.88 bits per heavy atom. The molecular formula is C19H15Cl2N3O2. The summed E-state index contributed by atoms with van der Waals surface area (Å²) in [6.45, 7) is 3.91. The average Bonchev–Trinajstić information content (AvgIpc) is 3.20. The standard InChI is InChI=1S/C19H15Cl2N3O2/c1-11(2)25-12-7-8-14(15(20)9-12)18-22-19(23-26-18)24-10-16(21)13-5-3-4-6-17(13)24/h3-11H,1-2H3. The van der Waals surface area contributed by atoms with Crippen LogP contribution in [0.15, 0.2) is 53.2 Å². The van der Waals surface area contributed by atoms with Crippen LogP contribution < -0.4 is 4.74 Å². The van der Waals surface area contributed by atoms with E-state index >= 15 is 0 Å². The number of aromatic nitrogens is 3. The Labute approximate surface area is 160 Å². The SMILES string of the molecule is CC(C)Oc1ccc(-c2nc(-n3cc(Cl)c4ccccc43)no2)c(Cl)c1. The smallest absolute Gasteiger partial charge is 0.275 e. The van der Waals surface area contributed by atoms with Crippen molar-refractivity contribution in [3.63, 3.8) is 0 Å². The Bertz CT molecular complexity index is 1090. The highest BCUT2D eigenvalue weighted by Crippen LogP contribution is 2.32. The first-order chi connectivity index (χ1) is 12.5. The van der Waals surface area contributed by atoms with E-state index < -0.39 is 0 Å². The van der Waals surface area contributed by atoms with Crippen molar-refractivity contribution in [2.45, 2.75) is 20.0 Å². The Hall–Kier alpha value is -2.50. The van der Waals surface area contributed by atoms with Crippen molar-refractivity contribution in [2.75, 3.05) is 0 Å². The van der Waals surface area contributed by atoms with E-state index in [0.29, 0.717) is 33.2 Å². The number of rotatable bonds is 4. The highest BCUT2D eigenvalue weighted by molar-refractivity contribution is 6.35. The summed E-state index contributed by atoms with van der Waals surface area (Å²) in [6.07, 6.45) is 1.83.